The van der Waals surface area contributed by atoms with Crippen molar-refractivity contribution in [3.63, 3.8) is 0 Å². The van der Waals surface area contributed by atoms with Crippen LogP contribution in [-0.4, -0.2) is 54.8 Å². The standard InChI is InChI=1S/C20H29N3O2/c1-22(2)18-8-3-4-13-23(14-18)20(25)16-9-11-17(12-10-16)21-19(24)15-6-5-7-15/h9-12,15,18H,3-8,13-14H2,1-2H3,(H,21,24). The highest BCUT2D eigenvalue weighted by Gasteiger charge is 2.26. The van der Waals surface area contributed by atoms with Crippen LogP contribution in [0.4, 0.5) is 5.69 Å². The van der Waals surface area contributed by atoms with Gasteiger partial charge in [0.1, 0.15) is 0 Å². The molecule has 1 unspecified atom stereocenters. The predicted molar refractivity (Wildman–Crippen MR) is 99.6 cm³/mol. The van der Waals surface area contributed by atoms with Crippen molar-refractivity contribution in [2.45, 2.75) is 44.6 Å². The maximum atomic E-state index is 12.8. The highest BCUT2D eigenvalue weighted by atomic mass is 16.2. The first-order valence-electron chi connectivity index (χ1n) is 9.41. The van der Waals surface area contributed by atoms with Gasteiger partial charge >= 0.3 is 0 Å². The maximum Gasteiger partial charge on any atom is 0.253 e. The smallest absolute Gasteiger partial charge is 0.253 e. The van der Waals surface area contributed by atoms with Crippen molar-refractivity contribution in [1.29, 1.82) is 0 Å². The average molecular weight is 343 g/mol. The molecule has 2 aliphatic rings. The summed E-state index contributed by atoms with van der Waals surface area (Å²) < 4.78 is 0. The van der Waals surface area contributed by atoms with Gasteiger partial charge in [-0.2, -0.15) is 0 Å². The second-order valence-corrected chi connectivity index (χ2v) is 7.56. The summed E-state index contributed by atoms with van der Waals surface area (Å²) in [6.07, 6.45) is 6.50. The van der Waals surface area contributed by atoms with E-state index >= 15 is 0 Å². The van der Waals surface area contributed by atoms with Gasteiger partial charge in [-0.05, 0) is 64.0 Å². The summed E-state index contributed by atoms with van der Waals surface area (Å²) >= 11 is 0. The van der Waals surface area contributed by atoms with E-state index in [1.165, 1.54) is 6.42 Å². The van der Waals surface area contributed by atoms with Crippen molar-refractivity contribution in [2.75, 3.05) is 32.5 Å². The van der Waals surface area contributed by atoms with Gasteiger partial charge in [0, 0.05) is 36.3 Å². The summed E-state index contributed by atoms with van der Waals surface area (Å²) in [5.74, 6) is 0.360. The zero-order valence-electron chi connectivity index (χ0n) is 15.3. The molecule has 1 aromatic rings. The van der Waals surface area contributed by atoms with Crippen LogP contribution in [0.3, 0.4) is 0 Å². The SMILES string of the molecule is CN(C)C1CCCCN(C(=O)c2ccc(NC(=O)C3CCC3)cc2)C1. The molecule has 0 spiro atoms. The van der Waals surface area contributed by atoms with E-state index in [4.69, 9.17) is 0 Å². The first kappa shape index (κ1) is 17.9. The number of carbonyl (C=O) groups excluding carboxylic acids is 2. The van der Waals surface area contributed by atoms with E-state index in [1.54, 1.807) is 0 Å². The van der Waals surface area contributed by atoms with Crippen molar-refractivity contribution in [1.82, 2.24) is 9.80 Å². The maximum absolute atomic E-state index is 12.8. The van der Waals surface area contributed by atoms with Crippen LogP contribution < -0.4 is 5.32 Å². The Morgan fingerprint density at radius 3 is 2.36 bits per heavy atom. The van der Waals surface area contributed by atoms with E-state index in [9.17, 15) is 9.59 Å². The lowest BCUT2D eigenvalue weighted by Crippen LogP contribution is -2.41. The molecule has 1 saturated heterocycles. The zero-order chi connectivity index (χ0) is 17.8. The van der Waals surface area contributed by atoms with Gasteiger partial charge in [-0.15, -0.1) is 0 Å². The number of hydrogen-bond donors (Lipinski definition) is 1. The van der Waals surface area contributed by atoms with Crippen molar-refractivity contribution < 1.29 is 9.59 Å². The molecular formula is C20H29N3O2. The van der Waals surface area contributed by atoms with Gasteiger partial charge in [0.15, 0.2) is 0 Å². The monoisotopic (exact) mass is 343 g/mol. The Labute approximate surface area is 150 Å². The predicted octanol–water partition coefficient (Wildman–Crippen LogP) is 2.98. The molecule has 1 heterocycles. The molecule has 0 radical (unpaired) electrons. The Morgan fingerprint density at radius 1 is 1.04 bits per heavy atom. The number of nitrogens with one attached hydrogen (secondary N) is 1. The minimum atomic E-state index is 0.0885. The molecule has 1 N–H and O–H groups in total. The fraction of sp³-hybridized carbons (Fsp3) is 0.600. The van der Waals surface area contributed by atoms with Crippen LogP contribution in [0.25, 0.3) is 0 Å². The van der Waals surface area contributed by atoms with Crippen molar-refractivity contribution in [2.24, 2.45) is 5.92 Å². The number of likely N-dealkylation sites (tertiary alicyclic amines) is 1. The number of amides is 2. The third kappa shape index (κ3) is 4.40. The molecule has 3 rings (SSSR count). The second-order valence-electron chi connectivity index (χ2n) is 7.56. The molecule has 1 aromatic carbocycles. The number of likely N-dealkylation sites (N-methyl/N-ethyl adjacent to an activating group) is 1. The summed E-state index contributed by atoms with van der Waals surface area (Å²) in [6.45, 7) is 1.61. The summed E-state index contributed by atoms with van der Waals surface area (Å²) in [5.41, 5.74) is 1.47. The van der Waals surface area contributed by atoms with Crippen molar-refractivity contribution in [3.8, 4) is 0 Å². The number of hydrogen-bond acceptors (Lipinski definition) is 3. The van der Waals surface area contributed by atoms with E-state index in [-0.39, 0.29) is 17.7 Å². The van der Waals surface area contributed by atoms with Gasteiger partial charge in [0.25, 0.3) is 5.91 Å². The largest absolute Gasteiger partial charge is 0.337 e. The zero-order valence-corrected chi connectivity index (χ0v) is 15.3. The van der Waals surface area contributed by atoms with Crippen LogP contribution in [0.1, 0.15) is 48.9 Å². The Bertz CT molecular complexity index is 608. The van der Waals surface area contributed by atoms with Gasteiger partial charge in [0.2, 0.25) is 5.91 Å². The Hall–Kier alpha value is -1.88. The second kappa shape index (κ2) is 8.00. The molecule has 0 bridgehead atoms. The molecule has 1 saturated carbocycles. The van der Waals surface area contributed by atoms with E-state index < -0.39 is 0 Å². The lowest BCUT2D eigenvalue weighted by atomic mass is 9.85. The average Bonchev–Trinajstić information content (AvgIpc) is 2.79. The Balaban J connectivity index is 1.62. The topological polar surface area (TPSA) is 52.6 Å². The Morgan fingerprint density at radius 2 is 1.76 bits per heavy atom. The summed E-state index contributed by atoms with van der Waals surface area (Å²) in [5, 5.41) is 2.95. The lowest BCUT2D eigenvalue weighted by Gasteiger charge is -2.28. The first-order valence-corrected chi connectivity index (χ1v) is 9.41. The molecule has 25 heavy (non-hydrogen) atoms. The molecule has 0 aromatic heterocycles. The Kier molecular flexibility index (Phi) is 5.74. The number of carbonyl (C=O) groups is 2. The molecular weight excluding hydrogens is 314 g/mol. The lowest BCUT2D eigenvalue weighted by molar-refractivity contribution is -0.122. The van der Waals surface area contributed by atoms with E-state index in [1.807, 2.05) is 29.2 Å². The minimum absolute atomic E-state index is 0.0885. The summed E-state index contributed by atoms with van der Waals surface area (Å²) in [7, 11) is 4.16. The van der Waals surface area contributed by atoms with Gasteiger partial charge < -0.3 is 15.1 Å². The van der Waals surface area contributed by atoms with Crippen molar-refractivity contribution >= 4 is 17.5 Å². The normalized spacial score (nSPS) is 21.6. The van der Waals surface area contributed by atoms with Crippen molar-refractivity contribution in [3.05, 3.63) is 29.8 Å². The van der Waals surface area contributed by atoms with Gasteiger partial charge in [0.05, 0.1) is 0 Å². The number of rotatable bonds is 4. The highest BCUT2D eigenvalue weighted by molar-refractivity contribution is 5.96. The van der Waals surface area contributed by atoms with Crippen LogP contribution in [-0.2, 0) is 4.79 Å². The van der Waals surface area contributed by atoms with Gasteiger partial charge in [-0.25, -0.2) is 0 Å². The van der Waals surface area contributed by atoms with Crippen LogP contribution >= 0.6 is 0 Å². The molecule has 1 atom stereocenters. The fourth-order valence-corrected chi connectivity index (χ4v) is 3.52. The molecule has 1 aliphatic carbocycles. The minimum Gasteiger partial charge on any atom is -0.337 e. The summed E-state index contributed by atoms with van der Waals surface area (Å²) in [4.78, 5) is 29.0. The highest BCUT2D eigenvalue weighted by Crippen LogP contribution is 2.27. The number of benzene rings is 1. The van der Waals surface area contributed by atoms with Gasteiger partial charge in [-0.3, -0.25) is 9.59 Å². The fourth-order valence-electron chi connectivity index (χ4n) is 3.52. The van der Waals surface area contributed by atoms with Gasteiger partial charge in [-0.1, -0.05) is 12.8 Å². The molecule has 5 heteroatoms. The van der Waals surface area contributed by atoms with E-state index in [0.29, 0.717) is 11.6 Å². The van der Waals surface area contributed by atoms with Crippen LogP contribution in [0.15, 0.2) is 24.3 Å². The molecule has 2 fully saturated rings. The van der Waals surface area contributed by atoms with E-state index in [0.717, 1.165) is 50.9 Å². The number of anilines is 1. The van der Waals surface area contributed by atoms with Crippen LogP contribution in [0.5, 0.6) is 0 Å². The molecule has 2 amide bonds. The number of nitrogens with zero attached hydrogens (tertiary/aromatic N) is 2. The molecule has 1 aliphatic heterocycles. The molecule has 5 nitrogen and oxygen atoms in total. The third-order valence-corrected chi connectivity index (χ3v) is 5.54. The molecule has 136 valence electrons. The summed E-state index contributed by atoms with van der Waals surface area (Å²) in [6, 6.07) is 7.76. The quantitative estimate of drug-likeness (QED) is 0.914. The van der Waals surface area contributed by atoms with Crippen LogP contribution in [0, 0.1) is 5.92 Å². The third-order valence-electron chi connectivity index (χ3n) is 5.54. The van der Waals surface area contributed by atoms with Crippen LogP contribution in [0.2, 0.25) is 0 Å². The first-order chi connectivity index (χ1) is 12.0. The van der Waals surface area contributed by atoms with E-state index in [2.05, 4.69) is 24.3 Å².